The second-order valence-electron chi connectivity index (χ2n) is 3.53. The van der Waals surface area contributed by atoms with E-state index in [4.69, 9.17) is 0 Å². The number of halogens is 2. The fourth-order valence-electron chi connectivity index (χ4n) is 1.55. The van der Waals surface area contributed by atoms with Gasteiger partial charge in [-0.2, -0.15) is 0 Å². The molecule has 84 valence electrons. The summed E-state index contributed by atoms with van der Waals surface area (Å²) in [5, 5.41) is 11.6. The first-order valence-corrected chi connectivity index (χ1v) is 5.64. The predicted octanol–water partition coefficient (Wildman–Crippen LogP) is 3.42. The summed E-state index contributed by atoms with van der Waals surface area (Å²) in [7, 11) is 0. The van der Waals surface area contributed by atoms with Crippen LogP contribution in [-0.2, 0) is 0 Å². The monoisotopic (exact) mass is 240 g/mol. The average molecular weight is 240 g/mol. The molecule has 0 amide bonds. The highest BCUT2D eigenvalue weighted by molar-refractivity contribution is 7.10. The lowest BCUT2D eigenvalue weighted by molar-refractivity contribution is 0.209. The molecule has 0 radical (unpaired) electrons. The zero-order chi connectivity index (χ0) is 11.7. The molecule has 0 bridgehead atoms. The van der Waals surface area contributed by atoms with Crippen molar-refractivity contribution in [2.45, 2.75) is 13.0 Å². The molecule has 2 aromatic rings. The van der Waals surface area contributed by atoms with E-state index in [1.165, 1.54) is 17.4 Å². The SMILES string of the molecule is Cc1cc(C(O)c2c(F)cccc2F)cs1. The first-order valence-electron chi connectivity index (χ1n) is 4.76. The molecule has 0 spiro atoms. The maximum atomic E-state index is 13.4. The lowest BCUT2D eigenvalue weighted by atomic mass is 10.0. The Balaban J connectivity index is 2.45. The molecule has 0 aliphatic heterocycles. The van der Waals surface area contributed by atoms with Crippen LogP contribution in [0.1, 0.15) is 22.1 Å². The highest BCUT2D eigenvalue weighted by atomic mass is 32.1. The minimum Gasteiger partial charge on any atom is -0.383 e. The van der Waals surface area contributed by atoms with Crippen LogP contribution in [-0.4, -0.2) is 5.11 Å². The molecule has 0 aliphatic carbocycles. The van der Waals surface area contributed by atoms with Crippen LogP contribution in [0.4, 0.5) is 8.78 Å². The highest BCUT2D eigenvalue weighted by Gasteiger charge is 2.19. The van der Waals surface area contributed by atoms with Crippen LogP contribution in [0.15, 0.2) is 29.6 Å². The van der Waals surface area contributed by atoms with Crippen molar-refractivity contribution in [2.75, 3.05) is 0 Å². The molecule has 1 unspecified atom stereocenters. The summed E-state index contributed by atoms with van der Waals surface area (Å²) in [6.07, 6.45) is -1.24. The minimum absolute atomic E-state index is 0.291. The maximum Gasteiger partial charge on any atom is 0.132 e. The van der Waals surface area contributed by atoms with Gasteiger partial charge in [0.2, 0.25) is 0 Å². The molecule has 1 heterocycles. The molecule has 0 aliphatic rings. The van der Waals surface area contributed by atoms with Gasteiger partial charge in [-0.3, -0.25) is 0 Å². The van der Waals surface area contributed by atoms with E-state index < -0.39 is 17.7 Å². The molecule has 0 saturated heterocycles. The van der Waals surface area contributed by atoms with Gasteiger partial charge in [-0.25, -0.2) is 8.78 Å². The second-order valence-corrected chi connectivity index (χ2v) is 4.64. The quantitative estimate of drug-likeness (QED) is 0.852. The van der Waals surface area contributed by atoms with Crippen LogP contribution < -0.4 is 0 Å². The predicted molar refractivity (Wildman–Crippen MR) is 59.5 cm³/mol. The number of aliphatic hydroxyl groups excluding tert-OH is 1. The Bertz CT molecular complexity index is 487. The van der Waals surface area contributed by atoms with Crippen molar-refractivity contribution in [3.05, 3.63) is 57.3 Å². The lowest BCUT2D eigenvalue weighted by Crippen LogP contribution is -2.04. The first-order chi connectivity index (χ1) is 7.59. The van der Waals surface area contributed by atoms with Crippen molar-refractivity contribution in [2.24, 2.45) is 0 Å². The number of aryl methyl sites for hydroxylation is 1. The second kappa shape index (κ2) is 4.31. The molecular formula is C12H10F2OS. The summed E-state index contributed by atoms with van der Waals surface area (Å²) in [6.45, 7) is 1.87. The third kappa shape index (κ3) is 1.99. The van der Waals surface area contributed by atoms with E-state index in [0.717, 1.165) is 17.0 Å². The average Bonchev–Trinajstić information content (AvgIpc) is 2.64. The number of hydrogen-bond donors (Lipinski definition) is 1. The molecule has 1 aromatic heterocycles. The van der Waals surface area contributed by atoms with Gasteiger partial charge in [0.05, 0.1) is 5.56 Å². The smallest absolute Gasteiger partial charge is 0.132 e. The maximum absolute atomic E-state index is 13.4. The number of hydrogen-bond acceptors (Lipinski definition) is 2. The number of aliphatic hydroxyl groups is 1. The molecule has 4 heteroatoms. The van der Waals surface area contributed by atoms with Gasteiger partial charge >= 0.3 is 0 Å². The highest BCUT2D eigenvalue weighted by Crippen LogP contribution is 2.29. The number of thiophene rings is 1. The fourth-order valence-corrected chi connectivity index (χ4v) is 2.27. The summed E-state index contributed by atoms with van der Waals surface area (Å²) in [6, 6.07) is 5.28. The van der Waals surface area contributed by atoms with Gasteiger partial charge in [0.25, 0.3) is 0 Å². The Labute approximate surface area is 96.0 Å². The van der Waals surface area contributed by atoms with Crippen LogP contribution in [0, 0.1) is 18.6 Å². The molecule has 1 nitrogen and oxygen atoms in total. The molecule has 1 N–H and O–H groups in total. The zero-order valence-corrected chi connectivity index (χ0v) is 9.39. The van der Waals surface area contributed by atoms with Gasteiger partial charge in [-0.05, 0) is 36.1 Å². The minimum atomic E-state index is -1.24. The molecular weight excluding hydrogens is 230 g/mol. The van der Waals surface area contributed by atoms with Crippen LogP contribution in [0.5, 0.6) is 0 Å². The van der Waals surface area contributed by atoms with Gasteiger partial charge in [0, 0.05) is 4.88 Å². The van der Waals surface area contributed by atoms with Crippen LogP contribution >= 0.6 is 11.3 Å². The molecule has 1 aromatic carbocycles. The van der Waals surface area contributed by atoms with E-state index in [1.54, 1.807) is 11.4 Å². The van der Waals surface area contributed by atoms with Crippen LogP contribution in [0.2, 0.25) is 0 Å². The van der Waals surface area contributed by atoms with Gasteiger partial charge in [-0.15, -0.1) is 11.3 Å². The third-order valence-electron chi connectivity index (χ3n) is 2.34. The van der Waals surface area contributed by atoms with E-state index in [1.807, 2.05) is 6.92 Å². The Morgan fingerprint density at radius 1 is 1.25 bits per heavy atom. The Morgan fingerprint density at radius 3 is 2.38 bits per heavy atom. The van der Waals surface area contributed by atoms with Crippen LogP contribution in [0.25, 0.3) is 0 Å². The normalized spacial score (nSPS) is 12.8. The Morgan fingerprint density at radius 2 is 1.88 bits per heavy atom. The first kappa shape index (κ1) is 11.2. The van der Waals surface area contributed by atoms with E-state index >= 15 is 0 Å². The number of benzene rings is 1. The van der Waals surface area contributed by atoms with Crippen LogP contribution in [0.3, 0.4) is 0 Å². The summed E-state index contributed by atoms with van der Waals surface area (Å²) in [4.78, 5) is 0.991. The summed E-state index contributed by atoms with van der Waals surface area (Å²) in [5.41, 5.74) is 0.229. The summed E-state index contributed by atoms with van der Waals surface area (Å²) >= 11 is 1.43. The van der Waals surface area contributed by atoms with E-state index in [-0.39, 0.29) is 5.56 Å². The van der Waals surface area contributed by atoms with E-state index in [0.29, 0.717) is 5.56 Å². The largest absolute Gasteiger partial charge is 0.383 e. The summed E-state index contributed by atoms with van der Waals surface area (Å²) in [5.74, 6) is -1.45. The van der Waals surface area contributed by atoms with Gasteiger partial charge < -0.3 is 5.11 Å². The van der Waals surface area contributed by atoms with Gasteiger partial charge in [-0.1, -0.05) is 6.07 Å². The van der Waals surface area contributed by atoms with Gasteiger partial charge in [0.1, 0.15) is 17.7 Å². The van der Waals surface area contributed by atoms with Crippen molar-refractivity contribution >= 4 is 11.3 Å². The number of rotatable bonds is 2. The molecule has 0 saturated carbocycles. The summed E-state index contributed by atoms with van der Waals surface area (Å²) < 4.78 is 26.8. The topological polar surface area (TPSA) is 20.2 Å². The van der Waals surface area contributed by atoms with E-state index in [9.17, 15) is 13.9 Å². The van der Waals surface area contributed by atoms with E-state index in [2.05, 4.69) is 0 Å². The molecule has 1 atom stereocenters. The standard InChI is InChI=1S/C12H10F2OS/c1-7-5-8(6-16-7)12(15)11-9(13)3-2-4-10(11)14/h2-6,12,15H,1H3. The van der Waals surface area contributed by atoms with Crippen molar-refractivity contribution in [3.63, 3.8) is 0 Å². The molecule has 2 rings (SSSR count). The van der Waals surface area contributed by atoms with Crippen molar-refractivity contribution in [3.8, 4) is 0 Å². The fraction of sp³-hybridized carbons (Fsp3) is 0.167. The third-order valence-corrected chi connectivity index (χ3v) is 3.22. The van der Waals surface area contributed by atoms with Crippen molar-refractivity contribution in [1.29, 1.82) is 0 Å². The Hall–Kier alpha value is -1.26. The lowest BCUT2D eigenvalue weighted by Gasteiger charge is -2.11. The van der Waals surface area contributed by atoms with Crippen molar-refractivity contribution in [1.82, 2.24) is 0 Å². The van der Waals surface area contributed by atoms with Gasteiger partial charge in [0.15, 0.2) is 0 Å². The van der Waals surface area contributed by atoms with Crippen molar-refractivity contribution < 1.29 is 13.9 Å². The molecule has 16 heavy (non-hydrogen) atoms. The zero-order valence-electron chi connectivity index (χ0n) is 8.58. The Kier molecular flexibility index (Phi) is 3.03. The molecule has 0 fully saturated rings.